The minimum Gasteiger partial charge on any atom is -0.385 e. The molecule has 0 aliphatic rings. The first-order chi connectivity index (χ1) is 7.95. The zero-order chi connectivity index (χ0) is 12.9. The highest BCUT2D eigenvalue weighted by Crippen LogP contribution is 2.22. The minimum absolute atomic E-state index is 0.137. The highest BCUT2D eigenvalue weighted by Gasteiger charge is 2.14. The Kier molecular flexibility index (Phi) is 4.88. The van der Waals surface area contributed by atoms with Gasteiger partial charge >= 0.3 is 0 Å². The van der Waals surface area contributed by atoms with Gasteiger partial charge in [-0.15, -0.1) is 0 Å². The lowest BCUT2D eigenvalue weighted by Gasteiger charge is -2.18. The lowest BCUT2D eigenvalue weighted by atomic mass is 9.86. The Bertz CT molecular complexity index is 358. The number of carbonyl (C=O) groups is 1. The number of benzene rings is 1. The highest BCUT2D eigenvalue weighted by atomic mass is 16.5. The first-order valence-electron chi connectivity index (χ1n) is 6.08. The number of hydrogen-bond donors (Lipinski definition) is 0. The van der Waals surface area contributed by atoms with Gasteiger partial charge in [0.05, 0.1) is 0 Å². The maximum atomic E-state index is 11.8. The van der Waals surface area contributed by atoms with Crippen molar-refractivity contribution >= 4 is 5.78 Å². The molecule has 0 bridgehead atoms. The standard InChI is InChI=1S/C15H22O2/c1-15(2,3)13-9-7-12(8-10-13)14(16)6-5-11-17-4/h7-10H,5-6,11H2,1-4H3. The lowest BCUT2D eigenvalue weighted by Crippen LogP contribution is -2.11. The Morgan fingerprint density at radius 1 is 1.18 bits per heavy atom. The van der Waals surface area contributed by atoms with E-state index in [9.17, 15) is 4.79 Å². The summed E-state index contributed by atoms with van der Waals surface area (Å²) in [6.07, 6.45) is 1.35. The topological polar surface area (TPSA) is 26.3 Å². The maximum Gasteiger partial charge on any atom is 0.162 e. The van der Waals surface area contributed by atoms with Gasteiger partial charge in [0, 0.05) is 25.7 Å². The van der Waals surface area contributed by atoms with Crippen LogP contribution in [0.15, 0.2) is 24.3 Å². The number of ether oxygens (including phenoxy) is 1. The molecular weight excluding hydrogens is 212 g/mol. The average molecular weight is 234 g/mol. The van der Waals surface area contributed by atoms with Crippen molar-refractivity contribution in [2.75, 3.05) is 13.7 Å². The molecule has 0 atom stereocenters. The number of carbonyl (C=O) groups excluding carboxylic acids is 1. The van der Waals surface area contributed by atoms with Crippen LogP contribution in [0.1, 0.15) is 49.5 Å². The summed E-state index contributed by atoms with van der Waals surface area (Å²) in [6, 6.07) is 7.94. The van der Waals surface area contributed by atoms with E-state index in [2.05, 4.69) is 20.8 Å². The predicted molar refractivity (Wildman–Crippen MR) is 70.6 cm³/mol. The van der Waals surface area contributed by atoms with Crippen LogP contribution in [-0.2, 0) is 10.2 Å². The fourth-order valence-electron chi connectivity index (χ4n) is 1.68. The third-order valence-corrected chi connectivity index (χ3v) is 2.83. The monoisotopic (exact) mass is 234 g/mol. The summed E-state index contributed by atoms with van der Waals surface area (Å²) in [5.41, 5.74) is 2.19. The second-order valence-electron chi connectivity index (χ2n) is 5.35. The third-order valence-electron chi connectivity index (χ3n) is 2.83. The van der Waals surface area contributed by atoms with Crippen LogP contribution in [0, 0.1) is 0 Å². The number of rotatable bonds is 5. The van der Waals surface area contributed by atoms with Crippen molar-refractivity contribution in [3.63, 3.8) is 0 Å². The number of Topliss-reactive ketones (excluding diaryl/α,β-unsaturated/α-hetero) is 1. The van der Waals surface area contributed by atoms with E-state index in [1.807, 2.05) is 24.3 Å². The number of hydrogen-bond acceptors (Lipinski definition) is 2. The number of methoxy groups -OCH3 is 1. The van der Waals surface area contributed by atoms with Crippen LogP contribution in [0.4, 0.5) is 0 Å². The van der Waals surface area contributed by atoms with Crippen molar-refractivity contribution in [2.24, 2.45) is 0 Å². The smallest absolute Gasteiger partial charge is 0.162 e. The molecule has 94 valence electrons. The summed E-state index contributed by atoms with van der Waals surface area (Å²) in [5, 5.41) is 0. The molecule has 0 spiro atoms. The van der Waals surface area contributed by atoms with Crippen LogP contribution in [-0.4, -0.2) is 19.5 Å². The van der Waals surface area contributed by atoms with Gasteiger partial charge in [0.25, 0.3) is 0 Å². The molecule has 2 heteroatoms. The summed E-state index contributed by atoms with van der Waals surface area (Å²) in [6.45, 7) is 7.15. The summed E-state index contributed by atoms with van der Waals surface area (Å²) in [5.74, 6) is 0.197. The molecule has 0 amide bonds. The molecule has 2 nitrogen and oxygen atoms in total. The van der Waals surface area contributed by atoms with Crippen molar-refractivity contribution in [3.05, 3.63) is 35.4 Å². The van der Waals surface area contributed by atoms with Crippen LogP contribution in [0.2, 0.25) is 0 Å². The van der Waals surface area contributed by atoms with Gasteiger partial charge in [-0.25, -0.2) is 0 Å². The van der Waals surface area contributed by atoms with Gasteiger partial charge in [-0.05, 0) is 17.4 Å². The molecule has 0 unspecified atom stereocenters. The van der Waals surface area contributed by atoms with Crippen LogP contribution in [0.5, 0.6) is 0 Å². The Labute approximate surface area is 104 Å². The lowest BCUT2D eigenvalue weighted by molar-refractivity contribution is 0.0963. The largest absolute Gasteiger partial charge is 0.385 e. The van der Waals surface area contributed by atoms with Crippen molar-refractivity contribution in [2.45, 2.75) is 39.0 Å². The first kappa shape index (κ1) is 13.9. The van der Waals surface area contributed by atoms with Gasteiger partial charge in [0.15, 0.2) is 5.78 Å². The van der Waals surface area contributed by atoms with Gasteiger partial charge in [-0.3, -0.25) is 4.79 Å². The average Bonchev–Trinajstić information content (AvgIpc) is 2.28. The van der Waals surface area contributed by atoms with Crippen LogP contribution in [0.3, 0.4) is 0 Å². The second-order valence-corrected chi connectivity index (χ2v) is 5.35. The van der Waals surface area contributed by atoms with Gasteiger partial charge in [-0.1, -0.05) is 45.0 Å². The van der Waals surface area contributed by atoms with E-state index >= 15 is 0 Å². The van der Waals surface area contributed by atoms with Gasteiger partial charge in [0.2, 0.25) is 0 Å². The minimum atomic E-state index is 0.137. The van der Waals surface area contributed by atoms with E-state index < -0.39 is 0 Å². The van der Waals surface area contributed by atoms with E-state index in [1.165, 1.54) is 5.56 Å². The van der Waals surface area contributed by atoms with Crippen molar-refractivity contribution in [1.82, 2.24) is 0 Å². The quantitative estimate of drug-likeness (QED) is 0.575. The van der Waals surface area contributed by atoms with Crippen LogP contribution in [0.25, 0.3) is 0 Å². The molecule has 0 radical (unpaired) electrons. The molecule has 0 saturated carbocycles. The van der Waals surface area contributed by atoms with E-state index in [0.717, 1.165) is 12.0 Å². The summed E-state index contributed by atoms with van der Waals surface area (Å²) >= 11 is 0. The Morgan fingerprint density at radius 3 is 2.24 bits per heavy atom. The Balaban J connectivity index is 2.64. The zero-order valence-electron chi connectivity index (χ0n) is 11.2. The highest BCUT2D eigenvalue weighted by molar-refractivity contribution is 5.96. The summed E-state index contributed by atoms with van der Waals surface area (Å²) in [7, 11) is 1.66. The molecule has 17 heavy (non-hydrogen) atoms. The zero-order valence-corrected chi connectivity index (χ0v) is 11.2. The van der Waals surface area contributed by atoms with Crippen LogP contribution < -0.4 is 0 Å². The normalized spacial score (nSPS) is 11.5. The van der Waals surface area contributed by atoms with Crippen molar-refractivity contribution in [1.29, 1.82) is 0 Å². The van der Waals surface area contributed by atoms with Crippen LogP contribution >= 0.6 is 0 Å². The number of ketones is 1. The van der Waals surface area contributed by atoms with E-state index in [1.54, 1.807) is 7.11 Å². The van der Waals surface area contributed by atoms with Crippen molar-refractivity contribution in [3.8, 4) is 0 Å². The Morgan fingerprint density at radius 2 is 1.76 bits per heavy atom. The third kappa shape index (κ3) is 4.31. The van der Waals surface area contributed by atoms with Gasteiger partial charge in [-0.2, -0.15) is 0 Å². The predicted octanol–water partition coefficient (Wildman–Crippen LogP) is 3.59. The van der Waals surface area contributed by atoms with Gasteiger partial charge < -0.3 is 4.74 Å². The second kappa shape index (κ2) is 5.97. The molecule has 1 aromatic rings. The SMILES string of the molecule is COCCCC(=O)c1ccc(C(C)(C)C)cc1. The molecule has 1 rings (SSSR count). The molecule has 0 N–H and O–H groups in total. The molecule has 0 fully saturated rings. The summed E-state index contributed by atoms with van der Waals surface area (Å²) in [4.78, 5) is 11.8. The van der Waals surface area contributed by atoms with E-state index in [0.29, 0.717) is 13.0 Å². The molecule has 0 heterocycles. The fourth-order valence-corrected chi connectivity index (χ4v) is 1.68. The summed E-state index contributed by atoms with van der Waals surface area (Å²) < 4.78 is 4.94. The molecule has 1 aromatic carbocycles. The van der Waals surface area contributed by atoms with E-state index in [4.69, 9.17) is 4.74 Å². The van der Waals surface area contributed by atoms with Gasteiger partial charge in [0.1, 0.15) is 0 Å². The maximum absolute atomic E-state index is 11.8. The molecule has 0 saturated heterocycles. The van der Waals surface area contributed by atoms with E-state index in [-0.39, 0.29) is 11.2 Å². The first-order valence-corrected chi connectivity index (χ1v) is 6.08. The molecule has 0 aromatic heterocycles. The Hall–Kier alpha value is -1.15. The molecule has 0 aliphatic carbocycles. The van der Waals surface area contributed by atoms with Crippen molar-refractivity contribution < 1.29 is 9.53 Å². The molecule has 0 aliphatic heterocycles. The fraction of sp³-hybridized carbons (Fsp3) is 0.533. The molecular formula is C15H22O2.